The highest BCUT2D eigenvalue weighted by Gasteiger charge is 2.18. The van der Waals surface area contributed by atoms with Gasteiger partial charge in [0.2, 0.25) is 5.62 Å². The number of aromatic amines is 1. The first-order valence-corrected chi connectivity index (χ1v) is 11.8. The zero-order valence-corrected chi connectivity index (χ0v) is 20.4. The van der Waals surface area contributed by atoms with Gasteiger partial charge in [-0.15, -0.1) is 0 Å². The fourth-order valence-corrected chi connectivity index (χ4v) is 4.21. The van der Waals surface area contributed by atoms with E-state index in [-0.39, 0.29) is 18.7 Å². The maximum Gasteiger partial charge on any atom is 0.335 e. The van der Waals surface area contributed by atoms with E-state index in [4.69, 9.17) is 4.74 Å². The predicted molar refractivity (Wildman–Crippen MR) is 134 cm³/mol. The van der Waals surface area contributed by atoms with Crippen LogP contribution < -0.4 is 21.9 Å². The summed E-state index contributed by atoms with van der Waals surface area (Å²) in [5.74, 6) is -1.15. The summed E-state index contributed by atoms with van der Waals surface area (Å²) in [5, 5.41) is 0. The van der Waals surface area contributed by atoms with Crippen LogP contribution in [0.5, 0.6) is 0 Å². The minimum absolute atomic E-state index is 0.0977. The fraction of sp³-hybridized carbons (Fsp3) is 0.385. The number of aryl methyl sites for hydroxylation is 1. The standard InChI is InChI=1S/C26H31N5O4/c1-18-6-8-20(9-7-18)17-30-24(27-21-10-12-22(13-11-21)29-14-4-5-15-29)28-25(33)31(26(30)34)16-19(2)23(32)35-3/h6-13,19H,4-5,14-17H2,1-3H3,(H,27,28,33)/t19-/m0/s1. The van der Waals surface area contributed by atoms with E-state index < -0.39 is 23.3 Å². The van der Waals surface area contributed by atoms with Crippen LogP contribution in [0.25, 0.3) is 0 Å². The van der Waals surface area contributed by atoms with Crippen LogP contribution in [0.3, 0.4) is 0 Å². The Kier molecular flexibility index (Phi) is 7.33. The Bertz CT molecular complexity index is 1360. The smallest absolute Gasteiger partial charge is 0.335 e. The maximum atomic E-state index is 13.4. The van der Waals surface area contributed by atoms with Gasteiger partial charge in [-0.05, 0) is 49.6 Å². The number of carbonyl (C=O) groups excluding carboxylic acids is 1. The first-order chi connectivity index (χ1) is 16.9. The zero-order valence-electron chi connectivity index (χ0n) is 20.4. The Balaban J connectivity index is 1.77. The van der Waals surface area contributed by atoms with Gasteiger partial charge in [0.05, 0.1) is 25.3 Å². The molecule has 0 radical (unpaired) electrons. The van der Waals surface area contributed by atoms with Gasteiger partial charge in [-0.3, -0.25) is 14.3 Å². The molecule has 0 spiro atoms. The first kappa shape index (κ1) is 24.3. The van der Waals surface area contributed by atoms with Crippen LogP contribution >= 0.6 is 0 Å². The molecule has 1 atom stereocenters. The number of hydrogen-bond donors (Lipinski definition) is 1. The number of anilines is 1. The summed E-state index contributed by atoms with van der Waals surface area (Å²) in [6.45, 7) is 5.81. The largest absolute Gasteiger partial charge is 0.469 e. The predicted octanol–water partition coefficient (Wildman–Crippen LogP) is 2.34. The zero-order chi connectivity index (χ0) is 24.9. The molecular weight excluding hydrogens is 446 g/mol. The molecule has 35 heavy (non-hydrogen) atoms. The lowest BCUT2D eigenvalue weighted by atomic mass is 10.1. The minimum atomic E-state index is -0.660. The van der Waals surface area contributed by atoms with Gasteiger partial charge in [0.25, 0.3) is 0 Å². The van der Waals surface area contributed by atoms with Gasteiger partial charge < -0.3 is 9.64 Å². The number of rotatable bonds is 7. The molecule has 2 heterocycles. The summed E-state index contributed by atoms with van der Waals surface area (Å²) in [7, 11) is 1.28. The number of methoxy groups -OCH3 is 1. The molecular formula is C26H31N5O4. The van der Waals surface area contributed by atoms with Crippen molar-refractivity contribution in [3.8, 4) is 0 Å². The van der Waals surface area contributed by atoms with Crippen molar-refractivity contribution in [1.82, 2.24) is 14.1 Å². The molecule has 184 valence electrons. The molecule has 2 aromatic carbocycles. The van der Waals surface area contributed by atoms with Crippen LogP contribution in [0.4, 0.5) is 11.4 Å². The topological polar surface area (TPSA) is 102 Å². The quantitative estimate of drug-likeness (QED) is 0.527. The van der Waals surface area contributed by atoms with E-state index in [1.165, 1.54) is 24.5 Å². The van der Waals surface area contributed by atoms with Gasteiger partial charge in [-0.2, -0.15) is 0 Å². The van der Waals surface area contributed by atoms with Gasteiger partial charge in [0.1, 0.15) is 0 Å². The summed E-state index contributed by atoms with van der Waals surface area (Å²) < 4.78 is 7.20. The number of ether oxygens (including phenoxy) is 1. The Labute approximate surface area is 203 Å². The Morgan fingerprint density at radius 1 is 1.03 bits per heavy atom. The van der Waals surface area contributed by atoms with Crippen molar-refractivity contribution in [3.63, 3.8) is 0 Å². The molecule has 3 aromatic rings. The Morgan fingerprint density at radius 3 is 2.31 bits per heavy atom. The second-order valence-corrected chi connectivity index (χ2v) is 8.97. The summed E-state index contributed by atoms with van der Waals surface area (Å²) in [5.41, 5.74) is 2.73. The molecule has 4 rings (SSSR count). The van der Waals surface area contributed by atoms with E-state index >= 15 is 0 Å². The second kappa shape index (κ2) is 10.6. The number of benzene rings is 2. The average molecular weight is 478 g/mol. The summed E-state index contributed by atoms with van der Waals surface area (Å²) in [6, 6.07) is 15.6. The second-order valence-electron chi connectivity index (χ2n) is 8.97. The molecule has 0 unspecified atom stereocenters. The number of H-pyrrole nitrogens is 1. The van der Waals surface area contributed by atoms with Crippen LogP contribution in [0, 0.1) is 12.8 Å². The Morgan fingerprint density at radius 2 is 1.69 bits per heavy atom. The number of carbonyl (C=O) groups is 1. The number of nitrogens with one attached hydrogen (secondary N) is 1. The number of aromatic nitrogens is 3. The molecule has 9 nitrogen and oxygen atoms in total. The number of esters is 1. The lowest BCUT2D eigenvalue weighted by Crippen LogP contribution is -2.51. The third-order valence-corrected chi connectivity index (χ3v) is 6.26. The van der Waals surface area contributed by atoms with Crippen LogP contribution in [0.15, 0.2) is 63.1 Å². The first-order valence-electron chi connectivity index (χ1n) is 11.8. The van der Waals surface area contributed by atoms with Crippen molar-refractivity contribution < 1.29 is 9.53 Å². The maximum absolute atomic E-state index is 13.4. The van der Waals surface area contributed by atoms with Crippen molar-refractivity contribution >= 4 is 17.3 Å². The Hall–Kier alpha value is -3.88. The van der Waals surface area contributed by atoms with E-state index in [9.17, 15) is 14.4 Å². The van der Waals surface area contributed by atoms with E-state index in [2.05, 4.69) is 14.9 Å². The van der Waals surface area contributed by atoms with Crippen LogP contribution in [0.2, 0.25) is 0 Å². The summed E-state index contributed by atoms with van der Waals surface area (Å²) in [6.07, 6.45) is 2.38. The number of hydrogen-bond acceptors (Lipinski definition) is 6. The highest BCUT2D eigenvalue weighted by atomic mass is 16.5. The van der Waals surface area contributed by atoms with Gasteiger partial charge in [-0.1, -0.05) is 36.8 Å². The van der Waals surface area contributed by atoms with E-state index in [1.54, 1.807) is 6.92 Å². The monoisotopic (exact) mass is 477 g/mol. The molecule has 0 aliphatic carbocycles. The highest BCUT2D eigenvalue weighted by Crippen LogP contribution is 2.22. The SMILES string of the molecule is COC(=O)[C@@H](C)Cn1c(=O)[nH]/c(=N\c2ccc(N3CCCC3)cc2)n(Cc2ccc(C)cc2)c1=O. The summed E-state index contributed by atoms with van der Waals surface area (Å²) in [4.78, 5) is 47.8. The third kappa shape index (κ3) is 5.62. The third-order valence-electron chi connectivity index (χ3n) is 6.26. The molecule has 1 aliphatic rings. The van der Waals surface area contributed by atoms with Gasteiger partial charge in [0.15, 0.2) is 0 Å². The molecule has 1 aromatic heterocycles. The molecule has 0 amide bonds. The van der Waals surface area contributed by atoms with E-state index in [0.29, 0.717) is 5.69 Å². The molecule has 0 bridgehead atoms. The number of nitrogens with zero attached hydrogens (tertiary/aromatic N) is 4. The molecule has 1 fully saturated rings. The molecule has 1 N–H and O–H groups in total. The van der Waals surface area contributed by atoms with Crippen molar-refractivity contribution in [1.29, 1.82) is 0 Å². The fourth-order valence-electron chi connectivity index (χ4n) is 4.21. The van der Waals surface area contributed by atoms with Crippen molar-refractivity contribution in [2.75, 3.05) is 25.1 Å². The lowest BCUT2D eigenvalue weighted by molar-refractivity contribution is -0.145. The van der Waals surface area contributed by atoms with Gasteiger partial charge >= 0.3 is 17.3 Å². The van der Waals surface area contributed by atoms with Gasteiger partial charge in [-0.25, -0.2) is 19.1 Å². The minimum Gasteiger partial charge on any atom is -0.469 e. The molecule has 9 heteroatoms. The average Bonchev–Trinajstić information content (AvgIpc) is 3.40. The van der Waals surface area contributed by atoms with Gasteiger partial charge in [0, 0.05) is 25.3 Å². The van der Waals surface area contributed by atoms with Crippen molar-refractivity contribution in [2.45, 2.75) is 39.8 Å². The highest BCUT2D eigenvalue weighted by molar-refractivity contribution is 5.71. The van der Waals surface area contributed by atoms with Crippen molar-refractivity contribution in [3.05, 3.63) is 86.2 Å². The normalized spacial score (nSPS) is 14.8. The van der Waals surface area contributed by atoms with E-state index in [0.717, 1.165) is 34.5 Å². The lowest BCUT2D eigenvalue weighted by Gasteiger charge is -2.17. The van der Waals surface area contributed by atoms with E-state index in [1.807, 2.05) is 55.5 Å². The molecule has 0 saturated carbocycles. The molecule has 1 saturated heterocycles. The van der Waals surface area contributed by atoms with Crippen LogP contribution in [-0.2, 0) is 22.6 Å². The van der Waals surface area contributed by atoms with Crippen molar-refractivity contribution in [2.24, 2.45) is 10.9 Å². The van der Waals surface area contributed by atoms with Crippen LogP contribution in [0.1, 0.15) is 30.9 Å². The summed E-state index contributed by atoms with van der Waals surface area (Å²) >= 11 is 0. The molecule has 1 aliphatic heterocycles. The van der Waals surface area contributed by atoms with Crippen LogP contribution in [-0.4, -0.2) is 40.3 Å².